The van der Waals surface area contributed by atoms with E-state index in [-0.39, 0.29) is 71.3 Å². The maximum absolute atomic E-state index is 13.2. The maximum Gasteiger partial charge on any atom is 3.00 e. The fourth-order valence-corrected chi connectivity index (χ4v) is 6.98. The quantitative estimate of drug-likeness (QED) is 0.156. The van der Waals surface area contributed by atoms with E-state index in [1.807, 2.05) is 78.9 Å². The molecular formula is C58H46F2IrN3O. The minimum Gasteiger partial charge on any atom is -0.501 e. The molecule has 4 heterocycles. The van der Waals surface area contributed by atoms with Crippen LogP contribution < -0.4 is 0 Å². The first kappa shape index (κ1) is 35.4. The van der Waals surface area contributed by atoms with Gasteiger partial charge in [-0.3, -0.25) is 8.78 Å². The summed E-state index contributed by atoms with van der Waals surface area (Å²) in [6, 6.07) is 52.0. The van der Waals surface area contributed by atoms with Crippen LogP contribution in [0.15, 0.2) is 181 Å². The number of fused-ring (bicyclic) bond motifs is 3. The van der Waals surface area contributed by atoms with Crippen molar-refractivity contribution in [2.75, 3.05) is 0 Å². The summed E-state index contributed by atoms with van der Waals surface area (Å²) in [5.41, 5.74) is 4.97. The minimum absolute atomic E-state index is 0. The third-order valence-electron chi connectivity index (χ3n) is 9.87. The third kappa shape index (κ3) is 11.2. The number of hydrogen-bond donors (Lipinski definition) is 0. The van der Waals surface area contributed by atoms with Crippen molar-refractivity contribution in [3.63, 3.8) is 0 Å². The average molecular weight is 1040 g/mol. The number of aromatic nitrogens is 3. The molecule has 0 aliphatic heterocycles. The molecule has 65 heavy (non-hydrogen) atoms. The van der Waals surface area contributed by atoms with Gasteiger partial charge in [-0.15, -0.1) is 72.3 Å². The van der Waals surface area contributed by atoms with Crippen LogP contribution in [0, 0.1) is 49.0 Å². The zero-order valence-corrected chi connectivity index (χ0v) is 37.9. The Morgan fingerprint density at radius 3 is 2.09 bits per heavy atom. The number of hydrogen-bond acceptors (Lipinski definition) is 4. The maximum atomic E-state index is 13.2. The van der Waals surface area contributed by atoms with Crippen LogP contribution in [0.3, 0.4) is 0 Å². The summed E-state index contributed by atoms with van der Waals surface area (Å²) in [7, 11) is 0. The number of halogens is 2. The molecule has 322 valence electrons. The summed E-state index contributed by atoms with van der Waals surface area (Å²) in [6.45, 7) is -0.399. The zero-order chi connectivity index (χ0) is 52.3. The van der Waals surface area contributed by atoms with E-state index in [1.54, 1.807) is 69.6 Å². The Balaban J connectivity index is 0.000000238. The molecule has 4 aromatic heterocycles. The van der Waals surface area contributed by atoms with Gasteiger partial charge in [-0.25, -0.2) is 0 Å². The largest absolute Gasteiger partial charge is 3.00 e. The molecule has 0 amide bonds. The van der Waals surface area contributed by atoms with Crippen LogP contribution in [0.4, 0.5) is 8.78 Å². The zero-order valence-electron chi connectivity index (χ0n) is 44.5. The summed E-state index contributed by atoms with van der Waals surface area (Å²) < 4.78 is 108. The molecule has 0 saturated carbocycles. The standard InChI is InChI=1S/C36H32NO.2C11H7FN.Ir/c1-23-18-25(21-36(3,4)5)14-16-28(23)32-20-33(37-22-24(32)2)31-13-9-12-30-29-17-15-27(19-34(29)38-35(30)31)26-10-7-6-8-11-26;12-10-6-2-1-5-9(10)11-7-3-4-8-13-11;12-10-6-4-9(5-7-10)11-3-1-2-8-13-11;/h6-12,14-20,22H,21H2,1-5H3;2*1-4,6-8H;/q3*-1;+3/i1D3,2D3,16D,21D2;;;. The second kappa shape index (κ2) is 20.7. The summed E-state index contributed by atoms with van der Waals surface area (Å²) in [6.07, 6.45) is 2.54. The van der Waals surface area contributed by atoms with Gasteiger partial charge in [0.05, 0.1) is 6.95 Å². The normalized spacial score (nSPS) is 13.6. The molecule has 0 fully saturated rings. The molecule has 10 aromatic rings. The van der Waals surface area contributed by atoms with Crippen molar-refractivity contribution in [2.24, 2.45) is 5.41 Å². The Labute approximate surface area is 406 Å². The van der Waals surface area contributed by atoms with Crippen LogP contribution in [0.1, 0.15) is 49.8 Å². The molecule has 0 atom stereocenters. The van der Waals surface area contributed by atoms with Gasteiger partial charge in [0, 0.05) is 46.6 Å². The summed E-state index contributed by atoms with van der Waals surface area (Å²) >= 11 is 0. The number of rotatable bonds is 6. The van der Waals surface area contributed by atoms with Gasteiger partial charge in [0.25, 0.3) is 0 Å². The molecule has 0 bridgehead atoms. The molecule has 6 aromatic carbocycles. The minimum atomic E-state index is -2.79. The van der Waals surface area contributed by atoms with Gasteiger partial charge in [-0.1, -0.05) is 128 Å². The monoisotopic (exact) mass is 1040 g/mol. The van der Waals surface area contributed by atoms with E-state index in [1.165, 1.54) is 42.6 Å². The van der Waals surface area contributed by atoms with Gasteiger partial charge in [0.1, 0.15) is 5.58 Å². The molecule has 0 aliphatic rings. The van der Waals surface area contributed by atoms with Crippen molar-refractivity contribution in [3.05, 3.63) is 223 Å². The molecule has 0 radical (unpaired) electrons. The molecule has 0 aliphatic carbocycles. The number of furan rings is 1. The van der Waals surface area contributed by atoms with Crippen LogP contribution in [-0.4, -0.2) is 15.0 Å². The second-order valence-electron chi connectivity index (χ2n) is 15.7. The van der Waals surface area contributed by atoms with Crippen LogP contribution in [0.25, 0.3) is 78.0 Å². The topological polar surface area (TPSA) is 51.8 Å². The Hall–Kier alpha value is -6.92. The van der Waals surface area contributed by atoms with Gasteiger partial charge in [0.2, 0.25) is 0 Å². The average Bonchev–Trinajstić information content (AvgIpc) is 3.75. The molecular weight excluding hydrogens is 985 g/mol. The second-order valence-corrected chi connectivity index (χ2v) is 15.7. The van der Waals surface area contributed by atoms with Crippen molar-refractivity contribution in [1.29, 1.82) is 0 Å². The molecule has 0 unspecified atom stereocenters. The molecule has 4 nitrogen and oxygen atoms in total. The predicted molar refractivity (Wildman–Crippen MR) is 256 cm³/mol. The first-order valence-corrected chi connectivity index (χ1v) is 20.4. The summed E-state index contributed by atoms with van der Waals surface area (Å²) in [4.78, 5) is 12.6. The molecule has 0 spiro atoms. The summed E-state index contributed by atoms with van der Waals surface area (Å²) in [5, 5.41) is 1.67. The first-order valence-electron chi connectivity index (χ1n) is 24.9. The molecule has 10 rings (SSSR count). The van der Waals surface area contributed by atoms with Gasteiger partial charge >= 0.3 is 20.1 Å². The molecule has 0 saturated heterocycles. The van der Waals surface area contributed by atoms with E-state index in [0.29, 0.717) is 28.0 Å². The number of pyridine rings is 3. The smallest absolute Gasteiger partial charge is 0.501 e. The van der Waals surface area contributed by atoms with E-state index in [9.17, 15) is 8.78 Å². The number of aryl methyl sites for hydroxylation is 2. The van der Waals surface area contributed by atoms with E-state index in [0.717, 1.165) is 33.2 Å². The van der Waals surface area contributed by atoms with Crippen molar-refractivity contribution >= 4 is 21.9 Å². The summed E-state index contributed by atoms with van der Waals surface area (Å²) in [5.74, 6) is -0.569. The van der Waals surface area contributed by atoms with Crippen molar-refractivity contribution in [3.8, 4) is 56.0 Å². The number of nitrogens with zero attached hydrogens (tertiary/aromatic N) is 3. The van der Waals surface area contributed by atoms with Gasteiger partial charge in [0.15, 0.2) is 0 Å². The number of benzene rings is 6. The Bertz CT molecular complexity index is 3530. The third-order valence-corrected chi connectivity index (χ3v) is 9.87. The SMILES string of the molecule is Fc1c[c-]c(-c2ccccn2)cc1.Fc1ccc[c-]c1-c1ccccn1.[2H]c1cc(C([2H])([2H])C(C)(C)C)cc(C([2H])([2H])[2H])c1-c1cc(-c2[c-]ccc3c2oc2cc(-c4ccccc4)ccc23)ncc1C([2H])([2H])[2H].[Ir+3]. The Morgan fingerprint density at radius 1 is 0.646 bits per heavy atom. The van der Waals surface area contributed by atoms with E-state index in [2.05, 4.69) is 33.2 Å². The van der Waals surface area contributed by atoms with E-state index < -0.39 is 25.5 Å². The Kier molecular flexibility index (Phi) is 11.3. The van der Waals surface area contributed by atoms with Crippen LogP contribution in [0.5, 0.6) is 0 Å². The van der Waals surface area contributed by atoms with Crippen molar-refractivity contribution in [1.82, 2.24) is 15.0 Å². The first-order chi connectivity index (χ1) is 34.6. The van der Waals surface area contributed by atoms with Crippen LogP contribution in [0.2, 0.25) is 0 Å². The molecule has 7 heteroatoms. The van der Waals surface area contributed by atoms with Gasteiger partial charge in [-0.05, 0) is 99.7 Å². The molecule has 0 N–H and O–H groups in total. The van der Waals surface area contributed by atoms with Crippen LogP contribution >= 0.6 is 0 Å². The fourth-order valence-electron chi connectivity index (χ4n) is 6.98. The van der Waals surface area contributed by atoms with E-state index in [4.69, 9.17) is 16.8 Å². The van der Waals surface area contributed by atoms with Crippen LogP contribution in [-0.2, 0) is 26.5 Å². The van der Waals surface area contributed by atoms with Crippen molar-refractivity contribution in [2.45, 2.75) is 40.8 Å². The van der Waals surface area contributed by atoms with E-state index >= 15 is 0 Å². The van der Waals surface area contributed by atoms with Gasteiger partial charge < -0.3 is 19.4 Å². The van der Waals surface area contributed by atoms with Gasteiger partial charge in [-0.2, -0.15) is 0 Å². The van der Waals surface area contributed by atoms with Crippen molar-refractivity contribution < 1.29 is 45.6 Å². The fraction of sp³-hybridized carbons (Fsp3) is 0.121. The Morgan fingerprint density at radius 2 is 1.40 bits per heavy atom. The predicted octanol–water partition coefficient (Wildman–Crippen LogP) is 15.4.